The van der Waals surface area contributed by atoms with Crippen molar-refractivity contribution in [3.05, 3.63) is 136 Å². The molecule has 4 heteroatoms. The van der Waals surface area contributed by atoms with E-state index in [0.717, 1.165) is 40.5 Å². The summed E-state index contributed by atoms with van der Waals surface area (Å²) in [6.07, 6.45) is 3.47. The first-order valence-electron chi connectivity index (χ1n) is 22.8. The quantitative estimate of drug-likeness (QED) is 0.162. The van der Waals surface area contributed by atoms with Gasteiger partial charge in [0.15, 0.2) is 5.58 Å². The largest absolute Gasteiger partial charge is 0.454 e. The Morgan fingerprint density at radius 1 is 0.525 bits per heavy atom. The van der Waals surface area contributed by atoms with Gasteiger partial charge in [0.2, 0.25) is 0 Å². The minimum absolute atomic E-state index is 0.0162. The summed E-state index contributed by atoms with van der Waals surface area (Å²) < 4.78 is 6.92. The van der Waals surface area contributed by atoms with Crippen molar-refractivity contribution in [2.24, 2.45) is 0 Å². The van der Waals surface area contributed by atoms with Gasteiger partial charge in [-0.25, -0.2) is 0 Å². The van der Waals surface area contributed by atoms with Gasteiger partial charge in [-0.05, 0) is 158 Å². The maximum Gasteiger partial charge on any atom is 0.252 e. The number of furan rings is 1. The average molecular weight is 801 g/mol. The molecular formula is C57H61BN2O. The Balaban J connectivity index is 1.28. The minimum Gasteiger partial charge on any atom is -0.454 e. The molecule has 7 aromatic rings. The van der Waals surface area contributed by atoms with Gasteiger partial charge < -0.3 is 14.2 Å². The number of rotatable bonds is 2. The lowest BCUT2D eigenvalue weighted by Crippen LogP contribution is -2.62. The minimum atomic E-state index is -0.0162. The summed E-state index contributed by atoms with van der Waals surface area (Å²) in [5, 5.41) is 2.31. The number of fused-ring (bicyclic) bond motifs is 9. The van der Waals surface area contributed by atoms with E-state index in [1.54, 1.807) is 0 Å². The fourth-order valence-corrected chi connectivity index (χ4v) is 12.4. The highest BCUT2D eigenvalue weighted by Crippen LogP contribution is 2.55. The van der Waals surface area contributed by atoms with Crippen LogP contribution in [0.25, 0.3) is 21.9 Å². The molecule has 0 saturated carbocycles. The standard InChI is InChI=1S/C57H61BN2O/c1-33-25-48-51-49(26-33)60(45-19-16-18-37-36-17-14-15-20-50(36)61-52(37)45)47-31-40-39(54(6,7)23-24-55(40,8)9)29-43(47)58(51)42-28-35(53(3,4)5)21-22-44(42)59(48)46-30-41-38(27-34(46)2)56(10,11)32-57(41,12)13/h14-22,25-31H,23-24,32H2,1-13H3. The lowest BCUT2D eigenvalue weighted by atomic mass is 9.33. The Morgan fingerprint density at radius 2 is 1.10 bits per heavy atom. The summed E-state index contributed by atoms with van der Waals surface area (Å²) >= 11 is 0. The molecule has 0 atom stereocenters. The van der Waals surface area contributed by atoms with Gasteiger partial charge in [0, 0.05) is 39.2 Å². The Bertz CT molecular complexity index is 3040. The van der Waals surface area contributed by atoms with Crippen molar-refractivity contribution in [2.75, 3.05) is 9.80 Å². The second-order valence-corrected chi connectivity index (χ2v) is 22.9. The molecule has 1 aromatic heterocycles. The Kier molecular flexibility index (Phi) is 7.76. The summed E-state index contributed by atoms with van der Waals surface area (Å²) in [5.41, 5.74) is 23.6. The van der Waals surface area contributed by atoms with Crippen molar-refractivity contribution in [3.63, 3.8) is 0 Å². The number of anilines is 6. The van der Waals surface area contributed by atoms with Crippen molar-refractivity contribution in [2.45, 2.75) is 136 Å². The fraction of sp³-hybridized carbons (Fsp3) is 0.368. The molecule has 6 aromatic carbocycles. The Labute approximate surface area is 364 Å². The summed E-state index contributed by atoms with van der Waals surface area (Å²) in [4.78, 5) is 5.25. The predicted molar refractivity (Wildman–Crippen MR) is 262 cm³/mol. The molecule has 0 unspecified atom stereocenters. The van der Waals surface area contributed by atoms with Gasteiger partial charge in [0.05, 0.1) is 5.69 Å². The number of hydrogen-bond acceptors (Lipinski definition) is 3. The number of nitrogens with zero attached hydrogens (tertiary/aromatic N) is 2. The Hall–Kier alpha value is -5.22. The van der Waals surface area contributed by atoms with Crippen molar-refractivity contribution < 1.29 is 4.42 Å². The number of hydrogen-bond donors (Lipinski definition) is 0. The molecule has 0 spiro atoms. The highest BCUT2D eigenvalue weighted by Gasteiger charge is 2.48. The zero-order valence-electron chi connectivity index (χ0n) is 38.7. The van der Waals surface area contributed by atoms with Gasteiger partial charge in [0.25, 0.3) is 6.71 Å². The molecule has 11 rings (SSSR count). The predicted octanol–water partition coefficient (Wildman–Crippen LogP) is 13.9. The second-order valence-electron chi connectivity index (χ2n) is 22.9. The van der Waals surface area contributed by atoms with Crippen LogP contribution in [0.4, 0.5) is 34.1 Å². The normalized spacial score (nSPS) is 18.8. The summed E-state index contributed by atoms with van der Waals surface area (Å²) in [6, 6.07) is 38.0. The molecule has 0 radical (unpaired) electrons. The SMILES string of the molecule is Cc1cc2c3c(c1)N(c1cccc4c1oc1ccccc14)c1cc4c(cc1B3c1cc(C(C)(C)C)ccc1N2c1cc2c(cc1C)C(C)(C)CC2(C)C)C(C)(C)CCC4(C)C. The molecule has 4 aliphatic rings. The van der Waals surface area contributed by atoms with Crippen LogP contribution < -0.4 is 26.2 Å². The molecule has 0 bridgehead atoms. The highest BCUT2D eigenvalue weighted by molar-refractivity contribution is 7.00. The third kappa shape index (κ3) is 5.42. The molecule has 2 aliphatic carbocycles. The van der Waals surface area contributed by atoms with Crippen LogP contribution in [-0.2, 0) is 27.1 Å². The Morgan fingerprint density at radius 3 is 1.79 bits per heavy atom. The van der Waals surface area contributed by atoms with E-state index >= 15 is 0 Å². The molecule has 0 amide bonds. The van der Waals surface area contributed by atoms with Gasteiger partial charge in [-0.3, -0.25) is 0 Å². The van der Waals surface area contributed by atoms with Crippen LogP contribution in [0.15, 0.2) is 101 Å². The van der Waals surface area contributed by atoms with Gasteiger partial charge >= 0.3 is 0 Å². The maximum absolute atomic E-state index is 6.92. The lowest BCUT2D eigenvalue weighted by molar-refractivity contribution is 0.332. The maximum atomic E-state index is 6.92. The van der Waals surface area contributed by atoms with Crippen molar-refractivity contribution >= 4 is 79.2 Å². The zero-order chi connectivity index (χ0) is 42.9. The molecule has 0 saturated heterocycles. The molecule has 61 heavy (non-hydrogen) atoms. The second kappa shape index (κ2) is 12.2. The number of benzene rings is 6. The molecule has 0 N–H and O–H groups in total. The monoisotopic (exact) mass is 800 g/mol. The van der Waals surface area contributed by atoms with Crippen LogP contribution in [0.1, 0.15) is 134 Å². The third-order valence-corrected chi connectivity index (χ3v) is 15.6. The topological polar surface area (TPSA) is 19.6 Å². The van der Waals surface area contributed by atoms with E-state index in [1.807, 2.05) is 0 Å². The van der Waals surface area contributed by atoms with Gasteiger partial charge in [-0.1, -0.05) is 131 Å². The molecule has 3 heterocycles. The fourth-order valence-electron chi connectivity index (χ4n) is 12.4. The third-order valence-electron chi connectivity index (χ3n) is 15.6. The van der Waals surface area contributed by atoms with E-state index in [0.29, 0.717) is 0 Å². The molecule has 0 fully saturated rings. The van der Waals surface area contributed by atoms with Crippen molar-refractivity contribution in [1.29, 1.82) is 0 Å². The van der Waals surface area contributed by atoms with Crippen molar-refractivity contribution in [1.82, 2.24) is 0 Å². The van der Waals surface area contributed by atoms with Crippen LogP contribution in [0, 0.1) is 13.8 Å². The highest BCUT2D eigenvalue weighted by atomic mass is 16.3. The molecule has 308 valence electrons. The summed E-state index contributed by atoms with van der Waals surface area (Å²) in [6.45, 7) is 31.4. The smallest absolute Gasteiger partial charge is 0.252 e. The van der Waals surface area contributed by atoms with E-state index in [1.165, 1.54) is 90.2 Å². The lowest BCUT2D eigenvalue weighted by Gasteiger charge is -2.47. The van der Waals surface area contributed by atoms with E-state index in [-0.39, 0.29) is 33.8 Å². The van der Waals surface area contributed by atoms with Crippen LogP contribution in [0.5, 0.6) is 0 Å². The van der Waals surface area contributed by atoms with Crippen LogP contribution in [-0.4, -0.2) is 6.71 Å². The number of para-hydroxylation sites is 2. The average Bonchev–Trinajstić information content (AvgIpc) is 3.65. The van der Waals surface area contributed by atoms with Gasteiger partial charge in [-0.15, -0.1) is 0 Å². The van der Waals surface area contributed by atoms with E-state index in [4.69, 9.17) is 4.42 Å². The zero-order valence-corrected chi connectivity index (χ0v) is 38.7. The molecular weight excluding hydrogens is 739 g/mol. The van der Waals surface area contributed by atoms with Crippen LogP contribution >= 0.6 is 0 Å². The van der Waals surface area contributed by atoms with Crippen molar-refractivity contribution in [3.8, 4) is 0 Å². The molecule has 3 nitrogen and oxygen atoms in total. The van der Waals surface area contributed by atoms with Gasteiger partial charge in [0.1, 0.15) is 5.58 Å². The molecule has 2 aliphatic heterocycles. The van der Waals surface area contributed by atoms with Crippen LogP contribution in [0.3, 0.4) is 0 Å². The summed E-state index contributed by atoms with van der Waals surface area (Å²) in [7, 11) is 0. The first-order valence-corrected chi connectivity index (χ1v) is 22.8. The van der Waals surface area contributed by atoms with E-state index < -0.39 is 0 Å². The van der Waals surface area contributed by atoms with Gasteiger partial charge in [-0.2, -0.15) is 0 Å². The number of aryl methyl sites for hydroxylation is 2. The summed E-state index contributed by atoms with van der Waals surface area (Å²) in [5.74, 6) is 0. The first kappa shape index (κ1) is 38.7. The van der Waals surface area contributed by atoms with E-state index in [2.05, 4.69) is 197 Å². The first-order chi connectivity index (χ1) is 28.7. The van der Waals surface area contributed by atoms with E-state index in [9.17, 15) is 0 Å². The van der Waals surface area contributed by atoms with Crippen LogP contribution in [0.2, 0.25) is 0 Å².